The van der Waals surface area contributed by atoms with Crippen LogP contribution in [0.3, 0.4) is 0 Å². The number of ether oxygens (including phenoxy) is 1. The van der Waals surface area contributed by atoms with Gasteiger partial charge in [0.25, 0.3) is 0 Å². The maximum absolute atomic E-state index is 12.8. The normalized spacial score (nSPS) is 14.7. The number of nitrogens with one attached hydrogen (secondary N) is 1. The zero-order valence-electron chi connectivity index (χ0n) is 18.9. The molecule has 1 N–H and O–H groups in total. The van der Waals surface area contributed by atoms with Gasteiger partial charge >= 0.3 is 6.09 Å². The van der Waals surface area contributed by atoms with E-state index in [4.69, 9.17) is 16.3 Å². The van der Waals surface area contributed by atoms with Gasteiger partial charge in [-0.15, -0.1) is 0 Å². The largest absolute Gasteiger partial charge is 0.444 e. The Morgan fingerprint density at radius 1 is 0.938 bits per heavy atom. The van der Waals surface area contributed by atoms with Crippen molar-refractivity contribution in [2.24, 2.45) is 0 Å². The number of aryl methyl sites for hydroxylation is 2. The first-order chi connectivity index (χ1) is 15.5. The summed E-state index contributed by atoms with van der Waals surface area (Å²) in [4.78, 5) is 29.1. The summed E-state index contributed by atoms with van der Waals surface area (Å²) in [6.45, 7) is 7.18. The smallest absolute Gasteiger partial charge is 0.410 e. The molecule has 0 radical (unpaired) electrons. The Labute approximate surface area is 195 Å². The molecule has 0 aliphatic carbocycles. The number of nitrogens with zero attached hydrogens (tertiary/aromatic N) is 2. The van der Waals surface area contributed by atoms with Crippen molar-refractivity contribution in [1.29, 1.82) is 0 Å². The highest BCUT2D eigenvalue weighted by atomic mass is 35.5. The van der Waals surface area contributed by atoms with Crippen molar-refractivity contribution >= 4 is 29.3 Å². The molecule has 1 heterocycles. The van der Waals surface area contributed by atoms with Crippen LogP contribution in [0.25, 0.3) is 0 Å². The fourth-order valence-corrected chi connectivity index (χ4v) is 4.13. The van der Waals surface area contributed by atoms with Crippen molar-refractivity contribution in [3.63, 3.8) is 0 Å². The van der Waals surface area contributed by atoms with Gasteiger partial charge in [0.05, 0.1) is 6.54 Å². The third-order valence-electron chi connectivity index (χ3n) is 5.79. The monoisotopic (exact) mass is 457 g/mol. The summed E-state index contributed by atoms with van der Waals surface area (Å²) >= 11 is 6.13. The topological polar surface area (TPSA) is 61.9 Å². The minimum absolute atomic E-state index is 0.0182. The lowest BCUT2D eigenvalue weighted by Crippen LogP contribution is -2.38. The summed E-state index contributed by atoms with van der Waals surface area (Å²) < 4.78 is 5.46. The van der Waals surface area contributed by atoms with Crippen LogP contribution in [0.2, 0.25) is 5.02 Å². The van der Waals surface area contributed by atoms with Gasteiger partial charge in [0.15, 0.2) is 0 Å². The van der Waals surface area contributed by atoms with E-state index >= 15 is 0 Å². The van der Waals surface area contributed by atoms with Gasteiger partial charge in [0.1, 0.15) is 6.61 Å². The van der Waals surface area contributed by atoms with E-state index in [1.807, 2.05) is 24.3 Å². The number of benzene rings is 2. The van der Waals surface area contributed by atoms with Crippen LogP contribution in [0.5, 0.6) is 0 Å². The third-order valence-corrected chi connectivity index (χ3v) is 6.15. The molecule has 1 aliphatic rings. The predicted octanol–water partition coefficient (Wildman–Crippen LogP) is 4.75. The Balaban J connectivity index is 1.50. The summed E-state index contributed by atoms with van der Waals surface area (Å²) in [6.07, 6.45) is 2.19. The SMILES string of the molecule is CCc1cccc(CC)c1NC(=O)CN1CCCN(C(=O)OCc2ccccc2Cl)CC1. The molecule has 0 atom stereocenters. The van der Waals surface area contributed by atoms with Crippen LogP contribution in [-0.2, 0) is 29.0 Å². The van der Waals surface area contributed by atoms with E-state index in [0.717, 1.165) is 48.2 Å². The standard InChI is InChI=1S/C25H32ClN3O3/c1-3-19-10-7-11-20(4-2)24(19)27-23(30)17-28-13-8-14-29(16-15-28)25(31)32-18-21-9-5-6-12-22(21)26/h5-7,9-12H,3-4,8,13-18H2,1-2H3,(H,27,30). The molecule has 0 unspecified atom stereocenters. The first-order valence-electron chi connectivity index (χ1n) is 11.3. The number of hydrogen-bond donors (Lipinski definition) is 1. The number of halogens is 1. The van der Waals surface area contributed by atoms with Crippen molar-refractivity contribution in [3.8, 4) is 0 Å². The van der Waals surface area contributed by atoms with Crippen LogP contribution in [0.15, 0.2) is 42.5 Å². The molecule has 7 heteroatoms. The quantitative estimate of drug-likeness (QED) is 0.651. The number of carbonyl (C=O) groups is 2. The number of amides is 2. The molecule has 1 aliphatic heterocycles. The van der Waals surface area contributed by atoms with E-state index in [1.54, 1.807) is 11.0 Å². The van der Waals surface area contributed by atoms with E-state index in [9.17, 15) is 9.59 Å². The molecule has 0 spiro atoms. The highest BCUT2D eigenvalue weighted by Gasteiger charge is 2.22. The van der Waals surface area contributed by atoms with Gasteiger partial charge in [-0.3, -0.25) is 9.69 Å². The molecule has 2 amide bonds. The second kappa shape index (κ2) is 11.9. The highest BCUT2D eigenvalue weighted by Crippen LogP contribution is 2.22. The fraction of sp³-hybridized carbons (Fsp3) is 0.440. The lowest BCUT2D eigenvalue weighted by atomic mass is 10.0. The molecule has 2 aromatic rings. The third kappa shape index (κ3) is 6.47. The molecule has 1 saturated heterocycles. The molecule has 6 nitrogen and oxygen atoms in total. The van der Waals surface area contributed by atoms with Gasteiger partial charge in [-0.2, -0.15) is 0 Å². The zero-order chi connectivity index (χ0) is 22.9. The molecule has 172 valence electrons. The first-order valence-corrected chi connectivity index (χ1v) is 11.7. The van der Waals surface area contributed by atoms with E-state index in [-0.39, 0.29) is 18.6 Å². The molecule has 0 saturated carbocycles. The van der Waals surface area contributed by atoms with Crippen LogP contribution >= 0.6 is 11.6 Å². The Kier molecular flexibility index (Phi) is 8.94. The summed E-state index contributed by atoms with van der Waals surface area (Å²) in [5.41, 5.74) is 4.04. The van der Waals surface area contributed by atoms with E-state index in [2.05, 4.69) is 36.2 Å². The maximum Gasteiger partial charge on any atom is 0.410 e. The second-order valence-electron chi connectivity index (χ2n) is 7.97. The van der Waals surface area contributed by atoms with Crippen molar-refractivity contribution in [2.45, 2.75) is 39.7 Å². The van der Waals surface area contributed by atoms with Crippen molar-refractivity contribution in [2.75, 3.05) is 38.0 Å². The van der Waals surface area contributed by atoms with Gasteiger partial charge < -0.3 is 15.0 Å². The van der Waals surface area contributed by atoms with Gasteiger partial charge in [0, 0.05) is 42.5 Å². The van der Waals surface area contributed by atoms with Crippen molar-refractivity contribution in [3.05, 3.63) is 64.2 Å². The van der Waals surface area contributed by atoms with E-state index < -0.39 is 0 Å². The fourth-order valence-electron chi connectivity index (χ4n) is 3.94. The van der Waals surface area contributed by atoms with Crippen LogP contribution < -0.4 is 5.32 Å². The predicted molar refractivity (Wildman–Crippen MR) is 128 cm³/mol. The minimum atomic E-state index is -0.347. The Bertz CT molecular complexity index is 912. The Morgan fingerprint density at radius 3 is 2.31 bits per heavy atom. The van der Waals surface area contributed by atoms with Crippen molar-refractivity contribution in [1.82, 2.24) is 9.80 Å². The molecule has 0 bridgehead atoms. The summed E-state index contributed by atoms with van der Waals surface area (Å²) in [5, 5.41) is 3.72. The molecule has 32 heavy (non-hydrogen) atoms. The van der Waals surface area contributed by atoms with Crippen LogP contribution in [0.4, 0.5) is 10.5 Å². The van der Waals surface area contributed by atoms with Crippen LogP contribution in [0.1, 0.15) is 37.0 Å². The van der Waals surface area contributed by atoms with Crippen LogP contribution in [-0.4, -0.2) is 54.5 Å². The number of anilines is 1. The molecule has 1 fully saturated rings. The minimum Gasteiger partial charge on any atom is -0.444 e. The molecule has 0 aromatic heterocycles. The van der Waals surface area contributed by atoms with Crippen LogP contribution in [0, 0.1) is 0 Å². The highest BCUT2D eigenvalue weighted by molar-refractivity contribution is 6.31. The summed E-state index contributed by atoms with van der Waals surface area (Å²) in [7, 11) is 0. The van der Waals surface area contributed by atoms with Gasteiger partial charge in [-0.05, 0) is 36.5 Å². The number of rotatable bonds is 7. The van der Waals surface area contributed by atoms with E-state index in [0.29, 0.717) is 31.2 Å². The molecular formula is C25H32ClN3O3. The van der Waals surface area contributed by atoms with Gasteiger partial charge in [0.2, 0.25) is 5.91 Å². The van der Waals surface area contributed by atoms with Crippen molar-refractivity contribution < 1.29 is 14.3 Å². The molecule has 2 aromatic carbocycles. The number of hydrogen-bond acceptors (Lipinski definition) is 4. The number of carbonyl (C=O) groups excluding carboxylic acids is 2. The second-order valence-corrected chi connectivity index (χ2v) is 8.38. The maximum atomic E-state index is 12.8. The zero-order valence-corrected chi connectivity index (χ0v) is 19.7. The average molecular weight is 458 g/mol. The van der Waals surface area contributed by atoms with Gasteiger partial charge in [-0.1, -0.05) is 61.8 Å². The molecule has 3 rings (SSSR count). The summed E-state index contributed by atoms with van der Waals surface area (Å²) in [5.74, 6) is -0.0182. The first kappa shape index (κ1) is 24.1. The lowest BCUT2D eigenvalue weighted by Gasteiger charge is -2.22. The molecular weight excluding hydrogens is 426 g/mol. The lowest BCUT2D eigenvalue weighted by molar-refractivity contribution is -0.117. The average Bonchev–Trinajstić information content (AvgIpc) is 3.04. The summed E-state index contributed by atoms with van der Waals surface area (Å²) in [6, 6.07) is 13.5. The van der Waals surface area contributed by atoms with E-state index in [1.165, 1.54) is 0 Å². The Morgan fingerprint density at radius 2 is 1.62 bits per heavy atom. The Hall–Kier alpha value is -2.57. The van der Waals surface area contributed by atoms with Gasteiger partial charge in [-0.25, -0.2) is 4.79 Å². The number of para-hydroxylation sites is 1.